The van der Waals surface area contributed by atoms with Crippen LogP contribution in [0.25, 0.3) is 0 Å². The summed E-state index contributed by atoms with van der Waals surface area (Å²) in [4.78, 5) is 0. The molecule has 0 aromatic carbocycles. The number of nitrogens with one attached hydrogen (secondary N) is 1. The van der Waals surface area contributed by atoms with Gasteiger partial charge in [-0.2, -0.15) is 18.3 Å². The molecule has 0 aliphatic rings. The fraction of sp³-hybridized carbons (Fsp3) is 0.400. The number of H-pyrrole nitrogens is 1. The van der Waals surface area contributed by atoms with E-state index < -0.39 is 12.3 Å². The van der Waals surface area contributed by atoms with Gasteiger partial charge in [-0.15, -0.1) is 0 Å². The molecule has 62 valence electrons. The minimum atomic E-state index is -4.62. The largest absolute Gasteiger partial charge is 0.418 e. The fourth-order valence-electron chi connectivity index (χ4n) is 0.599. The van der Waals surface area contributed by atoms with Gasteiger partial charge in [0.1, 0.15) is 0 Å². The Bertz CT molecular complexity index is 218. The van der Waals surface area contributed by atoms with E-state index in [0.29, 0.717) is 0 Å². The highest BCUT2D eigenvalue weighted by Crippen LogP contribution is 2.31. The molecule has 1 rings (SSSR count). The summed E-state index contributed by atoms with van der Waals surface area (Å²) < 4.78 is 35.2. The Kier molecular flexibility index (Phi) is 1.86. The molecule has 0 bridgehead atoms. The minimum absolute atomic E-state index is 0.280. The number of hydrogen-bond acceptors (Lipinski definition) is 2. The zero-order chi connectivity index (χ0) is 8.48. The van der Waals surface area contributed by atoms with Crippen molar-refractivity contribution in [1.29, 1.82) is 0 Å². The van der Waals surface area contributed by atoms with Gasteiger partial charge in [-0.1, -0.05) is 0 Å². The lowest BCUT2D eigenvalue weighted by Gasteiger charge is -2.11. The van der Waals surface area contributed by atoms with Gasteiger partial charge in [0.2, 0.25) is 0 Å². The number of rotatable bonds is 1. The fourth-order valence-corrected chi connectivity index (χ4v) is 0.599. The van der Waals surface area contributed by atoms with Gasteiger partial charge in [-0.3, -0.25) is 5.10 Å². The van der Waals surface area contributed by atoms with E-state index in [1.165, 1.54) is 0 Å². The Morgan fingerprint density at radius 3 is 2.55 bits per heavy atom. The Morgan fingerprint density at radius 2 is 2.18 bits per heavy atom. The van der Waals surface area contributed by atoms with E-state index in [2.05, 4.69) is 10.2 Å². The molecule has 2 N–H and O–H groups in total. The van der Waals surface area contributed by atoms with Crippen molar-refractivity contribution in [2.75, 3.05) is 0 Å². The number of nitrogens with zero attached hydrogens (tertiary/aromatic N) is 1. The molecule has 0 amide bonds. The molecule has 1 aromatic rings. The molecule has 0 unspecified atom stereocenters. The predicted octanol–water partition coefficient (Wildman–Crippen LogP) is 1.01. The third-order valence-corrected chi connectivity index (χ3v) is 1.15. The molecule has 11 heavy (non-hydrogen) atoms. The maximum absolute atomic E-state index is 11.7. The average molecular weight is 166 g/mol. The van der Waals surface area contributed by atoms with Gasteiger partial charge in [0.15, 0.2) is 6.10 Å². The first-order chi connectivity index (χ1) is 5.02. The summed E-state index contributed by atoms with van der Waals surface area (Å²) in [6, 6.07) is 0. The number of halogens is 3. The molecule has 1 aromatic heterocycles. The summed E-state index contributed by atoms with van der Waals surface area (Å²) in [7, 11) is 0. The SMILES string of the molecule is O[C@@H](c1cn[nH]c1)C(F)(F)F. The summed E-state index contributed by atoms with van der Waals surface area (Å²) >= 11 is 0. The van der Waals surface area contributed by atoms with Gasteiger partial charge in [-0.25, -0.2) is 0 Å². The molecule has 0 fully saturated rings. The normalized spacial score (nSPS) is 14.9. The Morgan fingerprint density at radius 1 is 1.55 bits per heavy atom. The van der Waals surface area contributed by atoms with Crippen molar-refractivity contribution < 1.29 is 18.3 Å². The third-order valence-electron chi connectivity index (χ3n) is 1.15. The van der Waals surface area contributed by atoms with E-state index in [1.807, 2.05) is 0 Å². The van der Waals surface area contributed by atoms with Crippen LogP contribution < -0.4 is 0 Å². The third kappa shape index (κ3) is 1.70. The van der Waals surface area contributed by atoms with Gasteiger partial charge in [-0.05, 0) is 0 Å². The Hall–Kier alpha value is -1.04. The highest BCUT2D eigenvalue weighted by atomic mass is 19.4. The highest BCUT2D eigenvalue weighted by Gasteiger charge is 2.39. The topological polar surface area (TPSA) is 48.9 Å². The lowest BCUT2D eigenvalue weighted by molar-refractivity contribution is -0.206. The second kappa shape index (κ2) is 2.54. The summed E-state index contributed by atoms with van der Waals surface area (Å²) in [6.07, 6.45) is -5.14. The van der Waals surface area contributed by atoms with Crippen molar-refractivity contribution in [3.63, 3.8) is 0 Å². The van der Waals surface area contributed by atoms with Crippen LogP contribution in [0.3, 0.4) is 0 Å². The van der Waals surface area contributed by atoms with E-state index >= 15 is 0 Å². The average Bonchev–Trinajstić information content (AvgIpc) is 2.34. The standard InChI is InChI=1S/C5H5F3N2O/c6-5(7,8)4(11)3-1-9-10-2-3/h1-2,4,11H,(H,9,10)/t4-/m0/s1. The van der Waals surface area contributed by atoms with Crippen molar-refractivity contribution in [2.45, 2.75) is 12.3 Å². The quantitative estimate of drug-likeness (QED) is 0.653. The second-order valence-corrected chi connectivity index (χ2v) is 1.98. The zero-order valence-electron chi connectivity index (χ0n) is 5.26. The van der Waals surface area contributed by atoms with Gasteiger partial charge in [0.25, 0.3) is 0 Å². The number of aromatic nitrogens is 2. The molecular formula is C5H5F3N2O. The molecule has 0 aliphatic carbocycles. The van der Waals surface area contributed by atoms with Crippen LogP contribution in [0.5, 0.6) is 0 Å². The van der Waals surface area contributed by atoms with Gasteiger partial charge >= 0.3 is 6.18 Å². The monoisotopic (exact) mass is 166 g/mol. The van der Waals surface area contributed by atoms with Crippen LogP contribution in [-0.2, 0) is 0 Å². The molecule has 0 spiro atoms. The molecule has 3 nitrogen and oxygen atoms in total. The first-order valence-electron chi connectivity index (χ1n) is 2.75. The Labute approximate surface area is 59.8 Å². The van der Waals surface area contributed by atoms with E-state index in [0.717, 1.165) is 12.4 Å². The van der Waals surface area contributed by atoms with Crippen molar-refractivity contribution in [2.24, 2.45) is 0 Å². The van der Waals surface area contributed by atoms with Crippen molar-refractivity contribution in [3.8, 4) is 0 Å². The number of aromatic amines is 1. The van der Waals surface area contributed by atoms with Crippen molar-refractivity contribution >= 4 is 0 Å². The van der Waals surface area contributed by atoms with Crippen LogP contribution in [0, 0.1) is 0 Å². The van der Waals surface area contributed by atoms with Crippen molar-refractivity contribution in [1.82, 2.24) is 10.2 Å². The van der Waals surface area contributed by atoms with E-state index in [9.17, 15) is 13.2 Å². The minimum Gasteiger partial charge on any atom is -0.379 e. The van der Waals surface area contributed by atoms with Crippen LogP contribution in [0.1, 0.15) is 11.7 Å². The van der Waals surface area contributed by atoms with Gasteiger partial charge in [0, 0.05) is 11.8 Å². The van der Waals surface area contributed by atoms with Crippen LogP contribution in [-0.4, -0.2) is 21.5 Å². The highest BCUT2D eigenvalue weighted by molar-refractivity contribution is 5.08. The van der Waals surface area contributed by atoms with Crippen LogP contribution in [0.4, 0.5) is 13.2 Å². The van der Waals surface area contributed by atoms with Crippen LogP contribution in [0.15, 0.2) is 12.4 Å². The molecule has 0 aliphatic heterocycles. The number of hydrogen-bond donors (Lipinski definition) is 2. The lowest BCUT2D eigenvalue weighted by atomic mass is 10.2. The van der Waals surface area contributed by atoms with Gasteiger partial charge < -0.3 is 5.11 Å². The van der Waals surface area contributed by atoms with E-state index in [4.69, 9.17) is 5.11 Å². The molecule has 6 heteroatoms. The maximum Gasteiger partial charge on any atom is 0.418 e. The summed E-state index contributed by atoms with van der Waals surface area (Å²) in [5.74, 6) is 0. The molecule has 1 heterocycles. The number of aliphatic hydroxyl groups is 1. The number of alkyl halides is 3. The molecule has 0 saturated carbocycles. The molecular weight excluding hydrogens is 161 g/mol. The maximum atomic E-state index is 11.7. The second-order valence-electron chi connectivity index (χ2n) is 1.98. The predicted molar refractivity (Wildman–Crippen MR) is 29.6 cm³/mol. The van der Waals surface area contributed by atoms with Crippen LogP contribution in [0.2, 0.25) is 0 Å². The molecule has 1 atom stereocenters. The van der Waals surface area contributed by atoms with E-state index in [-0.39, 0.29) is 5.56 Å². The van der Waals surface area contributed by atoms with E-state index in [1.54, 1.807) is 0 Å². The summed E-state index contributed by atoms with van der Waals surface area (Å²) in [6.45, 7) is 0. The first kappa shape index (κ1) is 8.06. The summed E-state index contributed by atoms with van der Waals surface area (Å²) in [5, 5.41) is 14.0. The number of aliphatic hydroxyl groups excluding tert-OH is 1. The summed E-state index contributed by atoms with van der Waals surface area (Å²) in [5.41, 5.74) is -0.280. The van der Waals surface area contributed by atoms with Crippen LogP contribution >= 0.6 is 0 Å². The van der Waals surface area contributed by atoms with Crippen molar-refractivity contribution in [3.05, 3.63) is 18.0 Å². The molecule has 0 saturated heterocycles. The Balaban J connectivity index is 2.78. The zero-order valence-corrected chi connectivity index (χ0v) is 5.26. The smallest absolute Gasteiger partial charge is 0.379 e. The van der Waals surface area contributed by atoms with Gasteiger partial charge in [0.05, 0.1) is 6.20 Å². The molecule has 0 radical (unpaired) electrons. The lowest BCUT2D eigenvalue weighted by Crippen LogP contribution is -2.19. The first-order valence-corrected chi connectivity index (χ1v) is 2.75.